The van der Waals surface area contributed by atoms with Gasteiger partial charge < -0.3 is 14.9 Å². The largest absolute Gasteiger partial charge is 0.480 e. The average Bonchev–Trinajstić information content (AvgIpc) is 2.77. The van der Waals surface area contributed by atoms with Crippen LogP contribution >= 0.6 is 0 Å². The highest BCUT2D eigenvalue weighted by Crippen LogP contribution is 2.21. The summed E-state index contributed by atoms with van der Waals surface area (Å²) in [5.74, 6) is -1.31. The van der Waals surface area contributed by atoms with Crippen molar-refractivity contribution in [2.75, 3.05) is 19.6 Å². The van der Waals surface area contributed by atoms with Gasteiger partial charge in [-0.15, -0.1) is 13.2 Å². The van der Waals surface area contributed by atoms with Gasteiger partial charge in [0.15, 0.2) is 0 Å². The summed E-state index contributed by atoms with van der Waals surface area (Å²) in [5.41, 5.74) is 0. The van der Waals surface area contributed by atoms with E-state index in [9.17, 15) is 14.4 Å². The Morgan fingerprint density at radius 3 is 2.33 bits per heavy atom. The van der Waals surface area contributed by atoms with Gasteiger partial charge in [0, 0.05) is 32.0 Å². The fourth-order valence-corrected chi connectivity index (χ4v) is 3.21. The van der Waals surface area contributed by atoms with Crippen LogP contribution in [0.15, 0.2) is 25.3 Å². The summed E-state index contributed by atoms with van der Waals surface area (Å²) in [4.78, 5) is 38.6. The van der Waals surface area contributed by atoms with Gasteiger partial charge in [-0.2, -0.15) is 0 Å². The van der Waals surface area contributed by atoms with Gasteiger partial charge in [-0.25, -0.2) is 0 Å². The van der Waals surface area contributed by atoms with Crippen molar-refractivity contribution < 1.29 is 19.5 Å². The molecule has 1 aliphatic heterocycles. The number of carbonyl (C=O) groups is 3. The van der Waals surface area contributed by atoms with Crippen molar-refractivity contribution in [3.05, 3.63) is 25.3 Å². The number of aliphatic carboxylic acids is 1. The predicted molar refractivity (Wildman–Crippen MR) is 92.4 cm³/mol. The van der Waals surface area contributed by atoms with E-state index in [4.69, 9.17) is 5.11 Å². The van der Waals surface area contributed by atoms with E-state index in [1.807, 2.05) is 4.90 Å². The monoisotopic (exact) mass is 336 g/mol. The van der Waals surface area contributed by atoms with E-state index in [0.29, 0.717) is 38.8 Å². The number of likely N-dealkylation sites (tertiary alicyclic amines) is 1. The van der Waals surface area contributed by atoms with Gasteiger partial charge in [-0.05, 0) is 32.1 Å². The molecule has 0 bridgehead atoms. The smallest absolute Gasteiger partial charge is 0.323 e. The van der Waals surface area contributed by atoms with Crippen molar-refractivity contribution in [1.82, 2.24) is 9.80 Å². The molecule has 0 aromatic rings. The van der Waals surface area contributed by atoms with E-state index >= 15 is 0 Å². The quantitative estimate of drug-likeness (QED) is 0.688. The van der Waals surface area contributed by atoms with Crippen molar-refractivity contribution >= 4 is 17.8 Å². The molecule has 6 heteroatoms. The minimum atomic E-state index is -1.01. The van der Waals surface area contributed by atoms with Crippen LogP contribution < -0.4 is 0 Å². The fraction of sp³-hybridized carbons (Fsp3) is 0.611. The number of nitrogens with zero attached hydrogens (tertiary/aromatic N) is 2. The molecule has 1 heterocycles. The number of allylic oxidation sites excluding steroid dienone is 2. The molecule has 1 fully saturated rings. The van der Waals surface area contributed by atoms with Gasteiger partial charge in [0.1, 0.15) is 6.54 Å². The summed E-state index contributed by atoms with van der Waals surface area (Å²) in [6.07, 6.45) is 6.80. The van der Waals surface area contributed by atoms with Crippen LogP contribution in [0.2, 0.25) is 0 Å². The maximum atomic E-state index is 12.7. The van der Waals surface area contributed by atoms with Gasteiger partial charge in [0.25, 0.3) is 0 Å². The number of carboxylic acids is 1. The second kappa shape index (κ2) is 9.90. The van der Waals surface area contributed by atoms with Gasteiger partial charge in [-0.1, -0.05) is 12.2 Å². The third-order valence-corrected chi connectivity index (χ3v) is 4.41. The molecule has 0 spiro atoms. The molecule has 0 aromatic carbocycles. The lowest BCUT2D eigenvalue weighted by atomic mass is 9.99. The first kappa shape index (κ1) is 19.9. The lowest BCUT2D eigenvalue weighted by Crippen LogP contribution is -2.43. The van der Waals surface area contributed by atoms with Crippen molar-refractivity contribution in [2.24, 2.45) is 5.92 Å². The zero-order valence-electron chi connectivity index (χ0n) is 14.4. The van der Waals surface area contributed by atoms with Crippen molar-refractivity contribution in [3.8, 4) is 0 Å². The van der Waals surface area contributed by atoms with Gasteiger partial charge in [0.05, 0.1) is 0 Å². The molecule has 1 unspecified atom stereocenters. The highest BCUT2D eigenvalue weighted by Gasteiger charge is 2.29. The van der Waals surface area contributed by atoms with Crippen molar-refractivity contribution in [1.29, 1.82) is 0 Å². The normalized spacial score (nSPS) is 17.9. The molecule has 0 aliphatic carbocycles. The molecule has 1 rings (SSSR count). The summed E-state index contributed by atoms with van der Waals surface area (Å²) in [6, 6.07) is -0.131. The summed E-state index contributed by atoms with van der Waals surface area (Å²) >= 11 is 0. The number of carbonyl (C=O) groups excluding carboxylic acids is 2. The molecule has 6 nitrogen and oxygen atoms in total. The molecule has 1 N–H and O–H groups in total. The summed E-state index contributed by atoms with van der Waals surface area (Å²) in [7, 11) is 0. The van der Waals surface area contributed by atoms with E-state index in [0.717, 1.165) is 6.42 Å². The van der Waals surface area contributed by atoms with Crippen LogP contribution in [0.1, 0.15) is 39.0 Å². The summed E-state index contributed by atoms with van der Waals surface area (Å²) in [6.45, 7) is 9.69. The van der Waals surface area contributed by atoms with Crippen molar-refractivity contribution in [3.63, 3.8) is 0 Å². The minimum absolute atomic E-state index is 0.0862. The van der Waals surface area contributed by atoms with Crippen LogP contribution in [0.3, 0.4) is 0 Å². The number of amides is 2. The zero-order valence-corrected chi connectivity index (χ0v) is 14.4. The highest BCUT2D eigenvalue weighted by molar-refractivity contribution is 5.80. The number of hydrogen-bond donors (Lipinski definition) is 1. The SMILES string of the molecule is C=CCC(CC=C)C(=O)N1CCCC(N(CC(=O)O)C(C)=O)CC1. The second-order valence-corrected chi connectivity index (χ2v) is 6.20. The lowest BCUT2D eigenvalue weighted by Gasteiger charge is -2.29. The maximum Gasteiger partial charge on any atom is 0.323 e. The third kappa shape index (κ3) is 5.83. The highest BCUT2D eigenvalue weighted by atomic mass is 16.4. The Morgan fingerprint density at radius 2 is 1.83 bits per heavy atom. The Bertz CT molecular complexity index is 479. The van der Waals surface area contributed by atoms with Crippen LogP contribution in [0.25, 0.3) is 0 Å². The zero-order chi connectivity index (χ0) is 18.1. The minimum Gasteiger partial charge on any atom is -0.480 e. The maximum absolute atomic E-state index is 12.7. The number of hydrogen-bond acceptors (Lipinski definition) is 3. The molecule has 1 aliphatic rings. The first-order valence-corrected chi connectivity index (χ1v) is 8.40. The summed E-state index contributed by atoms with van der Waals surface area (Å²) in [5, 5.41) is 8.99. The average molecular weight is 336 g/mol. The Balaban J connectivity index is 2.74. The number of carboxylic acid groups (broad SMARTS) is 1. The van der Waals surface area contributed by atoms with E-state index in [1.165, 1.54) is 11.8 Å². The Kier molecular flexibility index (Phi) is 8.22. The Hall–Kier alpha value is -2.11. The molecule has 24 heavy (non-hydrogen) atoms. The molecule has 0 aromatic heterocycles. The first-order valence-electron chi connectivity index (χ1n) is 8.40. The van der Waals surface area contributed by atoms with Gasteiger partial charge >= 0.3 is 5.97 Å². The van der Waals surface area contributed by atoms with Crippen LogP contribution in [-0.4, -0.2) is 58.4 Å². The molecule has 2 amide bonds. The first-order chi connectivity index (χ1) is 11.4. The fourth-order valence-electron chi connectivity index (χ4n) is 3.21. The van der Waals surface area contributed by atoms with Gasteiger partial charge in [0.2, 0.25) is 11.8 Å². The van der Waals surface area contributed by atoms with Crippen LogP contribution in [0, 0.1) is 5.92 Å². The molecule has 0 saturated carbocycles. The molecule has 1 atom stereocenters. The standard InChI is InChI=1S/C18H28N2O4/c1-4-7-15(8-5-2)18(24)19-11-6-9-16(10-12-19)20(14(3)21)13-17(22)23/h4-5,15-16H,1-2,6-13H2,3H3,(H,22,23). The summed E-state index contributed by atoms with van der Waals surface area (Å²) < 4.78 is 0. The van der Waals surface area contributed by atoms with Gasteiger partial charge in [-0.3, -0.25) is 14.4 Å². The van der Waals surface area contributed by atoms with Crippen molar-refractivity contribution in [2.45, 2.75) is 45.1 Å². The van der Waals surface area contributed by atoms with E-state index < -0.39 is 5.97 Å². The molecule has 134 valence electrons. The Morgan fingerprint density at radius 1 is 1.21 bits per heavy atom. The molecule has 0 radical (unpaired) electrons. The molecular weight excluding hydrogens is 308 g/mol. The number of rotatable bonds is 8. The predicted octanol–water partition coefficient (Wildman–Crippen LogP) is 2.07. The van der Waals surface area contributed by atoms with Crippen LogP contribution in [0.5, 0.6) is 0 Å². The third-order valence-electron chi connectivity index (χ3n) is 4.41. The van der Waals surface area contributed by atoms with Crippen LogP contribution in [0.4, 0.5) is 0 Å². The van der Waals surface area contributed by atoms with Crippen LogP contribution in [-0.2, 0) is 14.4 Å². The topological polar surface area (TPSA) is 77.9 Å². The van der Waals surface area contributed by atoms with E-state index in [-0.39, 0.29) is 30.3 Å². The Labute approximate surface area is 143 Å². The van der Waals surface area contributed by atoms with E-state index in [1.54, 1.807) is 12.2 Å². The van der Waals surface area contributed by atoms with E-state index in [2.05, 4.69) is 13.2 Å². The lowest BCUT2D eigenvalue weighted by molar-refractivity contribution is -0.145. The molecular formula is C18H28N2O4. The second-order valence-electron chi connectivity index (χ2n) is 6.20. The molecule has 1 saturated heterocycles.